The first kappa shape index (κ1) is 13.6. The van der Waals surface area contributed by atoms with Crippen molar-refractivity contribution in [3.05, 3.63) is 27.2 Å². The van der Waals surface area contributed by atoms with Gasteiger partial charge >= 0.3 is 0 Å². The van der Waals surface area contributed by atoms with E-state index in [1.54, 1.807) is 14.0 Å². The van der Waals surface area contributed by atoms with Crippen LogP contribution in [0.2, 0.25) is 0 Å². The maximum absolute atomic E-state index is 11.7. The number of ketones is 1. The van der Waals surface area contributed by atoms with Crippen LogP contribution >= 0.6 is 15.9 Å². The molecule has 1 aromatic carbocycles. The largest absolute Gasteiger partial charge is 0.495 e. The summed E-state index contributed by atoms with van der Waals surface area (Å²) in [5.41, 5.74) is 3.40. The monoisotopic (exact) mass is 310 g/mol. The van der Waals surface area contributed by atoms with Crippen molar-refractivity contribution in [3.63, 3.8) is 0 Å². The summed E-state index contributed by atoms with van der Waals surface area (Å²) in [6.45, 7) is 6.09. The number of halogens is 1. The summed E-state index contributed by atoms with van der Waals surface area (Å²) < 4.78 is 6.39. The zero-order valence-electron chi connectivity index (χ0n) is 11.4. The molecular formula is C15H19BrO2. The van der Waals surface area contributed by atoms with E-state index in [0.717, 1.165) is 10.9 Å². The van der Waals surface area contributed by atoms with E-state index in [-0.39, 0.29) is 11.2 Å². The van der Waals surface area contributed by atoms with Gasteiger partial charge in [-0.05, 0) is 64.7 Å². The topological polar surface area (TPSA) is 26.3 Å². The molecule has 1 aliphatic rings. The summed E-state index contributed by atoms with van der Waals surface area (Å²) in [6.07, 6.45) is 3.39. The lowest BCUT2D eigenvalue weighted by Crippen LogP contribution is -2.25. The average molecular weight is 311 g/mol. The van der Waals surface area contributed by atoms with Gasteiger partial charge in [-0.2, -0.15) is 0 Å². The molecule has 0 radical (unpaired) electrons. The van der Waals surface area contributed by atoms with E-state index in [0.29, 0.717) is 11.3 Å². The Balaban J connectivity index is 2.74. The highest BCUT2D eigenvalue weighted by atomic mass is 79.9. The smallest absolute Gasteiger partial charge is 0.163 e. The SMILES string of the molecule is COc1c(C(C)=O)cc2c(c1Br)C(C)(C)CCC2. The Bertz CT molecular complexity index is 504. The molecule has 2 rings (SSSR count). The van der Waals surface area contributed by atoms with E-state index in [4.69, 9.17) is 4.74 Å². The molecule has 0 unspecified atom stereocenters. The lowest BCUT2D eigenvalue weighted by atomic mass is 9.72. The number of aryl methyl sites for hydroxylation is 1. The fraction of sp³-hybridized carbons (Fsp3) is 0.533. The maximum Gasteiger partial charge on any atom is 0.163 e. The van der Waals surface area contributed by atoms with Crippen molar-refractivity contribution in [2.24, 2.45) is 0 Å². The van der Waals surface area contributed by atoms with Crippen LogP contribution in [0.3, 0.4) is 0 Å². The number of ether oxygens (including phenoxy) is 1. The molecule has 0 saturated carbocycles. The Morgan fingerprint density at radius 3 is 2.67 bits per heavy atom. The molecule has 0 amide bonds. The minimum Gasteiger partial charge on any atom is -0.495 e. The summed E-state index contributed by atoms with van der Waals surface area (Å²) in [5.74, 6) is 0.731. The summed E-state index contributed by atoms with van der Waals surface area (Å²) in [6, 6.07) is 2.02. The number of Topliss-reactive ketones (excluding diaryl/α,β-unsaturated/α-hetero) is 1. The number of fused-ring (bicyclic) bond motifs is 1. The Labute approximate surface area is 117 Å². The van der Waals surface area contributed by atoms with Crippen molar-refractivity contribution < 1.29 is 9.53 Å². The minimum absolute atomic E-state index is 0.0544. The Morgan fingerprint density at radius 2 is 2.11 bits per heavy atom. The number of carbonyl (C=O) groups excluding carboxylic acids is 1. The summed E-state index contributed by atoms with van der Waals surface area (Å²) in [7, 11) is 1.62. The number of methoxy groups -OCH3 is 1. The van der Waals surface area contributed by atoms with Gasteiger partial charge in [-0.15, -0.1) is 0 Å². The molecular weight excluding hydrogens is 292 g/mol. The standard InChI is InChI=1S/C15H19BrO2/c1-9(17)11-8-10-6-5-7-15(2,3)12(10)13(16)14(11)18-4/h8H,5-7H2,1-4H3. The predicted molar refractivity (Wildman–Crippen MR) is 76.7 cm³/mol. The minimum atomic E-state index is 0.0544. The lowest BCUT2D eigenvalue weighted by molar-refractivity contribution is 0.101. The third-order valence-corrected chi connectivity index (χ3v) is 4.57. The van der Waals surface area contributed by atoms with E-state index in [1.165, 1.54) is 24.0 Å². The van der Waals surface area contributed by atoms with Crippen LogP contribution in [0.5, 0.6) is 5.75 Å². The van der Waals surface area contributed by atoms with Crippen LogP contribution < -0.4 is 4.74 Å². The first-order chi connectivity index (χ1) is 8.38. The molecule has 0 spiro atoms. The average Bonchev–Trinajstić information content (AvgIpc) is 2.27. The van der Waals surface area contributed by atoms with Crippen LogP contribution in [-0.4, -0.2) is 12.9 Å². The molecule has 0 saturated heterocycles. The second kappa shape index (κ2) is 4.69. The van der Waals surface area contributed by atoms with Crippen LogP contribution in [0, 0.1) is 0 Å². The van der Waals surface area contributed by atoms with Crippen molar-refractivity contribution in [2.75, 3.05) is 7.11 Å². The van der Waals surface area contributed by atoms with Crippen LogP contribution in [0.1, 0.15) is 55.1 Å². The Hall–Kier alpha value is -0.830. The summed E-state index contributed by atoms with van der Waals surface area (Å²) >= 11 is 3.64. The zero-order chi connectivity index (χ0) is 13.5. The van der Waals surface area contributed by atoms with E-state index in [1.807, 2.05) is 6.07 Å². The van der Waals surface area contributed by atoms with Crippen LogP contribution in [-0.2, 0) is 11.8 Å². The lowest BCUT2D eigenvalue weighted by Gasteiger charge is -2.34. The molecule has 1 aromatic rings. The van der Waals surface area contributed by atoms with Crippen LogP contribution in [0.4, 0.5) is 0 Å². The van der Waals surface area contributed by atoms with Gasteiger partial charge in [0, 0.05) is 0 Å². The van der Waals surface area contributed by atoms with Crippen LogP contribution in [0.15, 0.2) is 10.5 Å². The highest BCUT2D eigenvalue weighted by Gasteiger charge is 2.32. The fourth-order valence-electron chi connectivity index (χ4n) is 2.92. The predicted octanol–water partition coefficient (Wildman–Crippen LogP) is 4.27. The van der Waals surface area contributed by atoms with Gasteiger partial charge in [0.05, 0.1) is 17.1 Å². The van der Waals surface area contributed by atoms with Gasteiger partial charge in [0.15, 0.2) is 5.78 Å². The molecule has 98 valence electrons. The quantitative estimate of drug-likeness (QED) is 0.762. The highest BCUT2D eigenvalue weighted by molar-refractivity contribution is 9.10. The zero-order valence-corrected chi connectivity index (χ0v) is 13.0. The molecule has 0 bridgehead atoms. The normalized spacial score (nSPS) is 17.2. The number of rotatable bonds is 2. The molecule has 3 heteroatoms. The molecule has 0 aromatic heterocycles. The van der Waals surface area contributed by atoms with Crippen molar-refractivity contribution in [1.29, 1.82) is 0 Å². The maximum atomic E-state index is 11.7. The molecule has 2 nitrogen and oxygen atoms in total. The summed E-state index contributed by atoms with van der Waals surface area (Å²) in [4.78, 5) is 11.7. The molecule has 0 aliphatic heterocycles. The van der Waals surface area contributed by atoms with E-state index < -0.39 is 0 Å². The number of hydrogen-bond donors (Lipinski definition) is 0. The van der Waals surface area contributed by atoms with E-state index in [2.05, 4.69) is 29.8 Å². The Kier molecular flexibility index (Phi) is 3.54. The Morgan fingerprint density at radius 1 is 1.44 bits per heavy atom. The van der Waals surface area contributed by atoms with Gasteiger partial charge in [-0.1, -0.05) is 13.8 Å². The number of benzene rings is 1. The van der Waals surface area contributed by atoms with Crippen molar-refractivity contribution in [2.45, 2.75) is 45.4 Å². The first-order valence-corrected chi connectivity index (χ1v) is 7.08. The molecule has 0 fully saturated rings. The molecule has 0 atom stereocenters. The second-order valence-corrected chi connectivity index (χ2v) is 6.39. The fourth-order valence-corrected chi connectivity index (χ4v) is 4.09. The van der Waals surface area contributed by atoms with Gasteiger partial charge in [0.2, 0.25) is 0 Å². The van der Waals surface area contributed by atoms with Crippen molar-refractivity contribution in [3.8, 4) is 5.75 Å². The molecule has 0 heterocycles. The number of hydrogen-bond acceptors (Lipinski definition) is 2. The number of carbonyl (C=O) groups is 1. The van der Waals surface area contributed by atoms with E-state index in [9.17, 15) is 4.79 Å². The van der Waals surface area contributed by atoms with Gasteiger partial charge in [-0.25, -0.2) is 0 Å². The van der Waals surface area contributed by atoms with Gasteiger partial charge in [0.25, 0.3) is 0 Å². The van der Waals surface area contributed by atoms with Crippen molar-refractivity contribution in [1.82, 2.24) is 0 Å². The molecule has 18 heavy (non-hydrogen) atoms. The molecule has 0 N–H and O–H groups in total. The third kappa shape index (κ3) is 2.09. The first-order valence-electron chi connectivity index (χ1n) is 6.29. The van der Waals surface area contributed by atoms with E-state index >= 15 is 0 Å². The van der Waals surface area contributed by atoms with Gasteiger partial charge in [-0.3, -0.25) is 4.79 Å². The van der Waals surface area contributed by atoms with Gasteiger partial charge < -0.3 is 4.74 Å². The summed E-state index contributed by atoms with van der Waals surface area (Å²) in [5, 5.41) is 0. The third-order valence-electron chi connectivity index (χ3n) is 3.81. The second-order valence-electron chi connectivity index (χ2n) is 5.60. The molecule has 1 aliphatic carbocycles. The van der Waals surface area contributed by atoms with Crippen molar-refractivity contribution >= 4 is 21.7 Å². The van der Waals surface area contributed by atoms with Gasteiger partial charge in [0.1, 0.15) is 5.75 Å². The highest BCUT2D eigenvalue weighted by Crippen LogP contribution is 2.46. The van der Waals surface area contributed by atoms with Crippen LogP contribution in [0.25, 0.3) is 0 Å².